The zero-order valence-corrected chi connectivity index (χ0v) is 11.0. The molecule has 0 nitrogen and oxygen atoms in total. The Morgan fingerprint density at radius 3 is 1.55 bits per heavy atom. The Balaban J connectivity index is 0.000000218. The quantitative estimate of drug-likeness (QED) is 0.517. The van der Waals surface area contributed by atoms with Crippen LogP contribution >= 0.6 is 0 Å². The van der Waals surface area contributed by atoms with E-state index in [-0.39, 0.29) is 0 Å². The molecule has 0 aliphatic heterocycles. The van der Waals surface area contributed by atoms with Crippen LogP contribution in [-0.2, 0) is 12.6 Å². The number of hydrogen-bond donors (Lipinski definition) is 0. The van der Waals surface area contributed by atoms with Crippen LogP contribution in [-0.4, -0.2) is 19.8 Å². The Labute approximate surface area is 82.2 Å². The van der Waals surface area contributed by atoms with Gasteiger partial charge in [0.05, 0.1) is 0 Å². The summed E-state index contributed by atoms with van der Waals surface area (Å²) in [5.74, 6) is 0. The molecular formula is C9H14SSn. The molecule has 0 radical (unpaired) electrons. The van der Waals surface area contributed by atoms with E-state index in [0.717, 1.165) is 4.90 Å². The van der Waals surface area contributed by atoms with E-state index < -0.39 is 19.8 Å². The second-order valence-electron chi connectivity index (χ2n) is 2.81. The first-order chi connectivity index (χ1) is 5.13. The summed E-state index contributed by atoms with van der Waals surface area (Å²) in [6.45, 7) is 0. The van der Waals surface area contributed by atoms with Gasteiger partial charge in [-0.1, -0.05) is 30.3 Å². The zero-order valence-electron chi connectivity index (χ0n) is 7.29. The van der Waals surface area contributed by atoms with Crippen LogP contribution in [0.5, 0.6) is 0 Å². The van der Waals surface area contributed by atoms with Crippen molar-refractivity contribution in [2.24, 2.45) is 0 Å². The third kappa shape index (κ3) is 10.2. The van der Waals surface area contributed by atoms with Crippen LogP contribution < -0.4 is 0 Å². The number of benzene rings is 1. The first-order valence-electron chi connectivity index (χ1n) is 3.61. The smallest absolute Gasteiger partial charge is 0.0624 e. The molecule has 60 valence electrons. The van der Waals surface area contributed by atoms with Crippen molar-refractivity contribution in [2.45, 2.75) is 19.7 Å². The van der Waals surface area contributed by atoms with Gasteiger partial charge in [0, 0.05) is 0 Å². The minimum Gasteiger partial charge on any atom is -0.780 e. The Morgan fingerprint density at radius 1 is 1.00 bits per heavy atom. The molecule has 0 saturated heterocycles. The largest absolute Gasteiger partial charge is 0.780 e. The van der Waals surface area contributed by atoms with Crippen LogP contribution in [0.25, 0.3) is 0 Å². The number of hydrogen-bond acceptors (Lipinski definition) is 1. The van der Waals surface area contributed by atoms with Crippen molar-refractivity contribution in [3.8, 4) is 0 Å². The van der Waals surface area contributed by atoms with E-state index in [1.165, 1.54) is 0 Å². The summed E-state index contributed by atoms with van der Waals surface area (Å²) in [6, 6.07) is 9.62. The second-order valence-corrected chi connectivity index (χ2v) is 11.8. The SMILES string of the molecule is [CH3][Sn+]([CH3])[CH3].[S-]c1ccccc1. The molecule has 0 aromatic heterocycles. The Hall–Kier alpha value is 0.239. The summed E-state index contributed by atoms with van der Waals surface area (Å²) in [5, 5.41) is 0. The topological polar surface area (TPSA) is 0 Å². The molecule has 0 bridgehead atoms. The third-order valence-electron chi connectivity index (χ3n) is 0.743. The minimum atomic E-state index is -0.543. The predicted molar refractivity (Wildman–Crippen MR) is 55.4 cm³/mol. The van der Waals surface area contributed by atoms with Gasteiger partial charge in [0.2, 0.25) is 0 Å². The van der Waals surface area contributed by atoms with Gasteiger partial charge in [0.1, 0.15) is 0 Å². The molecular weight excluding hydrogens is 259 g/mol. The zero-order chi connectivity index (χ0) is 8.69. The van der Waals surface area contributed by atoms with E-state index in [1.54, 1.807) is 0 Å². The average molecular weight is 273 g/mol. The Morgan fingerprint density at radius 2 is 1.36 bits per heavy atom. The van der Waals surface area contributed by atoms with Crippen LogP contribution in [0.3, 0.4) is 0 Å². The molecule has 2 heteroatoms. The molecule has 0 aliphatic carbocycles. The summed E-state index contributed by atoms with van der Waals surface area (Å²) >= 11 is 4.27. The van der Waals surface area contributed by atoms with Crippen molar-refractivity contribution in [1.29, 1.82) is 0 Å². The molecule has 1 rings (SSSR count). The normalized spacial score (nSPS) is 7.91. The molecule has 1 aromatic rings. The standard InChI is InChI=1S/C6H6S.3CH3.Sn/c7-6-4-2-1-3-5-6;;;;/h1-5,7H;3*1H3;/q;;;;+1/p-1. The van der Waals surface area contributed by atoms with Gasteiger partial charge >= 0.3 is 34.6 Å². The second kappa shape index (κ2) is 6.92. The minimum absolute atomic E-state index is 0.543. The summed E-state index contributed by atoms with van der Waals surface area (Å²) in [7, 11) is 0. The molecule has 0 spiro atoms. The van der Waals surface area contributed by atoms with Gasteiger partial charge in [-0.15, -0.1) is 0 Å². The Kier molecular flexibility index (Phi) is 7.07. The van der Waals surface area contributed by atoms with E-state index in [0.29, 0.717) is 0 Å². The van der Waals surface area contributed by atoms with Gasteiger partial charge in [-0.05, 0) is 0 Å². The fourth-order valence-corrected chi connectivity index (χ4v) is 0.578. The van der Waals surface area contributed by atoms with Crippen LogP contribution in [0.4, 0.5) is 0 Å². The molecule has 0 aliphatic rings. The Bertz CT molecular complexity index is 169. The van der Waals surface area contributed by atoms with E-state index in [9.17, 15) is 0 Å². The molecule has 0 heterocycles. The van der Waals surface area contributed by atoms with Crippen molar-refractivity contribution in [2.75, 3.05) is 0 Å². The molecule has 0 saturated carbocycles. The van der Waals surface area contributed by atoms with Crippen LogP contribution in [0.1, 0.15) is 0 Å². The summed E-state index contributed by atoms with van der Waals surface area (Å²) in [4.78, 5) is 8.00. The van der Waals surface area contributed by atoms with E-state index >= 15 is 0 Å². The predicted octanol–water partition coefficient (Wildman–Crippen LogP) is 2.96. The van der Waals surface area contributed by atoms with Crippen molar-refractivity contribution in [3.63, 3.8) is 0 Å². The monoisotopic (exact) mass is 274 g/mol. The summed E-state index contributed by atoms with van der Waals surface area (Å²) in [6.07, 6.45) is 0. The van der Waals surface area contributed by atoms with Crippen LogP contribution in [0.2, 0.25) is 14.8 Å². The van der Waals surface area contributed by atoms with Crippen molar-refractivity contribution in [3.05, 3.63) is 30.3 Å². The molecule has 0 unspecified atom stereocenters. The van der Waals surface area contributed by atoms with Crippen molar-refractivity contribution in [1.82, 2.24) is 0 Å². The third-order valence-corrected chi connectivity index (χ3v) is 1.02. The van der Waals surface area contributed by atoms with Crippen LogP contribution in [0.15, 0.2) is 35.2 Å². The first-order valence-corrected chi connectivity index (χ1v) is 12.6. The van der Waals surface area contributed by atoms with Gasteiger partial charge in [-0.2, -0.15) is 4.90 Å². The fourth-order valence-electron chi connectivity index (χ4n) is 0.420. The van der Waals surface area contributed by atoms with E-state index in [4.69, 9.17) is 12.6 Å². The van der Waals surface area contributed by atoms with Crippen molar-refractivity contribution < 1.29 is 0 Å². The maximum Gasteiger partial charge on any atom is -0.0624 e. The van der Waals surface area contributed by atoms with Gasteiger partial charge in [-0.25, -0.2) is 0 Å². The van der Waals surface area contributed by atoms with E-state index in [1.807, 2.05) is 30.3 Å². The van der Waals surface area contributed by atoms with Gasteiger partial charge in [0.15, 0.2) is 0 Å². The molecule has 0 N–H and O–H groups in total. The fraction of sp³-hybridized carbons (Fsp3) is 0.333. The summed E-state index contributed by atoms with van der Waals surface area (Å²) < 4.78 is 0. The average Bonchev–Trinajstić information content (AvgIpc) is 1.87. The molecule has 0 fully saturated rings. The van der Waals surface area contributed by atoms with Gasteiger partial charge in [0.25, 0.3) is 0 Å². The molecule has 0 atom stereocenters. The molecule has 1 aromatic carbocycles. The first kappa shape index (κ1) is 11.2. The van der Waals surface area contributed by atoms with Crippen molar-refractivity contribution >= 4 is 32.4 Å². The molecule has 0 amide bonds. The summed E-state index contributed by atoms with van der Waals surface area (Å²) in [5.41, 5.74) is 0. The number of rotatable bonds is 0. The maximum absolute atomic E-state index is 4.81. The maximum atomic E-state index is 4.81. The van der Waals surface area contributed by atoms with E-state index in [2.05, 4.69) is 14.8 Å². The van der Waals surface area contributed by atoms with Crippen LogP contribution in [0, 0.1) is 0 Å². The van der Waals surface area contributed by atoms with Gasteiger partial charge < -0.3 is 12.6 Å². The molecule has 11 heavy (non-hydrogen) atoms. The van der Waals surface area contributed by atoms with Gasteiger partial charge in [-0.3, -0.25) is 0 Å².